The van der Waals surface area contributed by atoms with Crippen LogP contribution in [0, 0.1) is 6.92 Å². The van der Waals surface area contributed by atoms with Gasteiger partial charge >= 0.3 is 5.97 Å². The lowest BCUT2D eigenvalue weighted by molar-refractivity contribution is 0.0470. The van der Waals surface area contributed by atoms with E-state index < -0.39 is 5.97 Å². The number of hydrogen-bond acceptors (Lipinski definition) is 5. The summed E-state index contributed by atoms with van der Waals surface area (Å²) in [7, 11) is 3.08. The zero-order valence-electron chi connectivity index (χ0n) is 14.2. The number of methoxy groups -OCH3 is 2. The molecule has 0 fully saturated rings. The molecule has 24 heavy (non-hydrogen) atoms. The van der Waals surface area contributed by atoms with Crippen molar-refractivity contribution in [3.05, 3.63) is 58.7 Å². The van der Waals surface area contributed by atoms with Gasteiger partial charge in [0.2, 0.25) is 0 Å². The second-order valence-electron chi connectivity index (χ2n) is 5.34. The van der Waals surface area contributed by atoms with Gasteiger partial charge in [0.05, 0.1) is 19.8 Å². The number of carbonyl (C=O) groups is 2. The van der Waals surface area contributed by atoms with Crippen LogP contribution in [0.1, 0.15) is 38.8 Å². The summed E-state index contributed by atoms with van der Waals surface area (Å²) in [5.74, 6) is 0.659. The van der Waals surface area contributed by atoms with Gasteiger partial charge in [0.15, 0.2) is 5.78 Å². The molecule has 2 rings (SSSR count). The van der Waals surface area contributed by atoms with Crippen molar-refractivity contribution in [2.24, 2.45) is 0 Å². The van der Waals surface area contributed by atoms with Crippen molar-refractivity contribution >= 4 is 11.8 Å². The van der Waals surface area contributed by atoms with Crippen LogP contribution in [-0.2, 0) is 11.3 Å². The topological polar surface area (TPSA) is 61.8 Å². The fourth-order valence-corrected chi connectivity index (χ4v) is 2.28. The summed E-state index contributed by atoms with van der Waals surface area (Å²) in [5, 5.41) is 0. The van der Waals surface area contributed by atoms with Crippen molar-refractivity contribution in [3.63, 3.8) is 0 Å². The summed E-state index contributed by atoms with van der Waals surface area (Å²) in [6, 6.07) is 10.2. The van der Waals surface area contributed by atoms with Crippen molar-refractivity contribution < 1.29 is 23.8 Å². The third kappa shape index (κ3) is 3.93. The van der Waals surface area contributed by atoms with Crippen LogP contribution in [0.15, 0.2) is 36.4 Å². The molecule has 0 N–H and O–H groups in total. The van der Waals surface area contributed by atoms with E-state index in [1.54, 1.807) is 43.5 Å². The van der Waals surface area contributed by atoms with Gasteiger partial charge in [-0.25, -0.2) is 4.79 Å². The fraction of sp³-hybridized carbons (Fsp3) is 0.263. The molecule has 0 spiro atoms. The summed E-state index contributed by atoms with van der Waals surface area (Å²) >= 11 is 0. The first kappa shape index (κ1) is 17.5. The maximum atomic E-state index is 12.2. The number of rotatable bonds is 6. The molecule has 0 aliphatic carbocycles. The second kappa shape index (κ2) is 7.64. The lowest BCUT2D eigenvalue weighted by atomic mass is 10.1. The van der Waals surface area contributed by atoms with Crippen molar-refractivity contribution in [1.82, 2.24) is 0 Å². The number of hydrogen-bond donors (Lipinski definition) is 0. The van der Waals surface area contributed by atoms with E-state index in [1.165, 1.54) is 14.0 Å². The summed E-state index contributed by atoms with van der Waals surface area (Å²) in [6.07, 6.45) is 0. The van der Waals surface area contributed by atoms with Gasteiger partial charge in [0.1, 0.15) is 18.1 Å². The van der Waals surface area contributed by atoms with Crippen LogP contribution >= 0.6 is 0 Å². The highest BCUT2D eigenvalue weighted by atomic mass is 16.5. The Kier molecular flexibility index (Phi) is 5.58. The molecule has 126 valence electrons. The van der Waals surface area contributed by atoms with Gasteiger partial charge in [-0.2, -0.15) is 0 Å². The molecule has 0 bridgehead atoms. The number of ketones is 1. The molecular formula is C19H20O5. The van der Waals surface area contributed by atoms with Crippen molar-refractivity contribution in [2.75, 3.05) is 14.2 Å². The monoisotopic (exact) mass is 328 g/mol. The van der Waals surface area contributed by atoms with Crippen LogP contribution in [0.25, 0.3) is 0 Å². The minimum absolute atomic E-state index is 0.0132. The second-order valence-corrected chi connectivity index (χ2v) is 5.34. The van der Waals surface area contributed by atoms with Crippen LogP contribution < -0.4 is 9.47 Å². The van der Waals surface area contributed by atoms with E-state index in [1.807, 2.05) is 6.92 Å². The van der Waals surface area contributed by atoms with Gasteiger partial charge in [-0.15, -0.1) is 0 Å². The fourth-order valence-electron chi connectivity index (χ4n) is 2.28. The van der Waals surface area contributed by atoms with E-state index in [0.29, 0.717) is 28.2 Å². The van der Waals surface area contributed by atoms with Gasteiger partial charge < -0.3 is 14.2 Å². The van der Waals surface area contributed by atoms with E-state index in [9.17, 15) is 9.59 Å². The van der Waals surface area contributed by atoms with Crippen molar-refractivity contribution in [2.45, 2.75) is 20.5 Å². The molecule has 0 saturated heterocycles. The minimum atomic E-state index is -0.469. The quantitative estimate of drug-likeness (QED) is 0.599. The Morgan fingerprint density at radius 1 is 0.917 bits per heavy atom. The van der Waals surface area contributed by atoms with Crippen LogP contribution in [0.5, 0.6) is 11.5 Å². The number of Topliss-reactive ketones (excluding diaryl/α,β-unsaturated/α-hetero) is 1. The van der Waals surface area contributed by atoms with E-state index in [-0.39, 0.29) is 12.4 Å². The van der Waals surface area contributed by atoms with E-state index in [2.05, 4.69) is 0 Å². The van der Waals surface area contributed by atoms with Gasteiger partial charge in [-0.3, -0.25) is 4.79 Å². The summed E-state index contributed by atoms with van der Waals surface area (Å²) in [5.41, 5.74) is 2.51. The van der Waals surface area contributed by atoms with Crippen molar-refractivity contribution in [3.8, 4) is 11.5 Å². The SMILES string of the molecule is COc1cc(C(=O)OCc2cc(C(C)=O)ccc2OC)ccc1C. The Bertz CT molecular complexity index is 764. The average molecular weight is 328 g/mol. The van der Waals surface area contributed by atoms with Crippen LogP contribution in [-0.4, -0.2) is 26.0 Å². The maximum absolute atomic E-state index is 12.2. The third-order valence-corrected chi connectivity index (χ3v) is 3.69. The highest BCUT2D eigenvalue weighted by Gasteiger charge is 2.13. The highest BCUT2D eigenvalue weighted by molar-refractivity contribution is 5.94. The van der Waals surface area contributed by atoms with Crippen molar-refractivity contribution in [1.29, 1.82) is 0 Å². The summed E-state index contributed by atoms with van der Waals surface area (Å²) in [4.78, 5) is 23.7. The lowest BCUT2D eigenvalue weighted by Gasteiger charge is -2.11. The Morgan fingerprint density at radius 3 is 2.21 bits per heavy atom. The molecule has 0 aliphatic rings. The maximum Gasteiger partial charge on any atom is 0.338 e. The molecule has 0 saturated carbocycles. The Morgan fingerprint density at radius 2 is 1.58 bits per heavy atom. The third-order valence-electron chi connectivity index (χ3n) is 3.69. The first-order valence-electron chi connectivity index (χ1n) is 7.46. The zero-order chi connectivity index (χ0) is 17.7. The van der Waals surface area contributed by atoms with Gasteiger partial charge in [-0.1, -0.05) is 6.07 Å². The molecule has 0 unspecified atom stereocenters. The zero-order valence-corrected chi connectivity index (χ0v) is 14.2. The summed E-state index contributed by atoms with van der Waals surface area (Å²) < 4.78 is 15.8. The van der Waals surface area contributed by atoms with Gasteiger partial charge in [-0.05, 0) is 49.7 Å². The molecule has 0 aliphatic heterocycles. The smallest absolute Gasteiger partial charge is 0.338 e. The average Bonchev–Trinajstić information content (AvgIpc) is 2.59. The summed E-state index contributed by atoms with van der Waals surface area (Å²) in [6.45, 7) is 3.39. The number of ether oxygens (including phenoxy) is 3. The van der Waals surface area contributed by atoms with Crippen LogP contribution in [0.3, 0.4) is 0 Å². The van der Waals surface area contributed by atoms with Gasteiger partial charge in [0, 0.05) is 11.1 Å². The Labute approximate surface area is 141 Å². The highest BCUT2D eigenvalue weighted by Crippen LogP contribution is 2.23. The molecule has 0 amide bonds. The number of aryl methyl sites for hydroxylation is 1. The molecule has 0 radical (unpaired) electrons. The first-order valence-corrected chi connectivity index (χ1v) is 7.46. The van der Waals surface area contributed by atoms with E-state index in [4.69, 9.17) is 14.2 Å². The van der Waals surface area contributed by atoms with Crippen LogP contribution in [0.2, 0.25) is 0 Å². The standard InChI is InChI=1S/C19H20O5/c1-12-5-6-15(10-18(12)23-4)19(21)24-11-16-9-14(13(2)20)7-8-17(16)22-3/h5-10H,11H2,1-4H3. The van der Waals surface area contributed by atoms with Gasteiger partial charge in [0.25, 0.3) is 0 Å². The molecule has 0 heterocycles. The molecule has 5 heteroatoms. The predicted octanol–water partition coefficient (Wildman–Crippen LogP) is 3.57. The molecule has 2 aromatic carbocycles. The van der Waals surface area contributed by atoms with Crippen LogP contribution in [0.4, 0.5) is 0 Å². The first-order chi connectivity index (χ1) is 11.5. The Balaban J connectivity index is 2.16. The lowest BCUT2D eigenvalue weighted by Crippen LogP contribution is -2.07. The number of carbonyl (C=O) groups excluding carboxylic acids is 2. The molecule has 5 nitrogen and oxygen atoms in total. The molecule has 2 aromatic rings. The largest absolute Gasteiger partial charge is 0.496 e. The molecular weight excluding hydrogens is 308 g/mol. The predicted molar refractivity (Wildman–Crippen MR) is 89.8 cm³/mol. The molecule has 0 aromatic heterocycles. The van der Waals surface area contributed by atoms with E-state index in [0.717, 1.165) is 5.56 Å². The minimum Gasteiger partial charge on any atom is -0.496 e. The number of benzene rings is 2. The van der Waals surface area contributed by atoms with E-state index >= 15 is 0 Å². The normalized spacial score (nSPS) is 10.2. The molecule has 0 atom stereocenters. The number of esters is 1. The Hall–Kier alpha value is -2.82.